The molecule has 1 aliphatic heterocycles. The van der Waals surface area contributed by atoms with Crippen LogP contribution in [0.5, 0.6) is 0 Å². The maximum absolute atomic E-state index is 13.2. The molecule has 1 aromatic carbocycles. The van der Waals surface area contributed by atoms with Crippen molar-refractivity contribution in [3.8, 4) is 0 Å². The van der Waals surface area contributed by atoms with Gasteiger partial charge in [0.2, 0.25) is 5.78 Å². The van der Waals surface area contributed by atoms with Gasteiger partial charge in [0.1, 0.15) is 0 Å². The van der Waals surface area contributed by atoms with Crippen molar-refractivity contribution in [1.29, 1.82) is 0 Å². The Kier molecular flexibility index (Phi) is 5.16. The van der Waals surface area contributed by atoms with Crippen molar-refractivity contribution in [2.75, 3.05) is 18.1 Å². The third-order valence-corrected chi connectivity index (χ3v) is 5.16. The van der Waals surface area contributed by atoms with E-state index in [4.69, 9.17) is 4.74 Å². The van der Waals surface area contributed by atoms with E-state index in [1.54, 1.807) is 20.8 Å². The maximum Gasteiger partial charge on any atom is 0.340 e. The van der Waals surface area contributed by atoms with E-state index >= 15 is 0 Å². The number of anilines is 1. The third-order valence-electron chi connectivity index (χ3n) is 5.16. The van der Waals surface area contributed by atoms with E-state index in [-0.39, 0.29) is 17.8 Å². The van der Waals surface area contributed by atoms with Gasteiger partial charge >= 0.3 is 5.97 Å². The highest BCUT2D eigenvalue weighted by Crippen LogP contribution is 2.30. The van der Waals surface area contributed by atoms with Crippen LogP contribution in [-0.2, 0) is 11.2 Å². The fraction of sp³-hybridized carbons (Fsp3) is 0.429. The Labute approximate surface area is 154 Å². The molecule has 5 heteroatoms. The molecule has 2 heterocycles. The molecular weight excluding hydrogens is 328 g/mol. The molecule has 0 aliphatic carbocycles. The van der Waals surface area contributed by atoms with Gasteiger partial charge < -0.3 is 14.6 Å². The molecule has 1 N–H and O–H groups in total. The first kappa shape index (κ1) is 18.2. The third kappa shape index (κ3) is 3.14. The number of Topliss-reactive ketones (excluding diaryl/α,β-unsaturated/α-hetero) is 1. The lowest BCUT2D eigenvalue weighted by Gasteiger charge is -2.35. The number of aromatic nitrogens is 1. The molecule has 0 bridgehead atoms. The van der Waals surface area contributed by atoms with Gasteiger partial charge in [-0.25, -0.2) is 4.79 Å². The first-order valence-electron chi connectivity index (χ1n) is 9.20. The number of aryl methyl sites for hydroxylation is 2. The summed E-state index contributed by atoms with van der Waals surface area (Å²) < 4.78 is 5.13. The van der Waals surface area contributed by atoms with Crippen molar-refractivity contribution < 1.29 is 14.3 Å². The van der Waals surface area contributed by atoms with Gasteiger partial charge in [-0.15, -0.1) is 0 Å². The Morgan fingerprint density at radius 2 is 2.00 bits per heavy atom. The number of rotatable bonds is 5. The highest BCUT2D eigenvalue weighted by molar-refractivity contribution is 6.05. The van der Waals surface area contributed by atoms with Gasteiger partial charge in [0.25, 0.3) is 0 Å². The van der Waals surface area contributed by atoms with E-state index in [2.05, 4.69) is 22.0 Å². The number of nitrogens with zero attached hydrogens (tertiary/aromatic N) is 1. The number of nitrogens with one attached hydrogen (secondary N) is 1. The van der Waals surface area contributed by atoms with Gasteiger partial charge in [-0.1, -0.05) is 18.2 Å². The Hall–Kier alpha value is -2.56. The van der Waals surface area contributed by atoms with Gasteiger partial charge in [0.15, 0.2) is 0 Å². The minimum Gasteiger partial charge on any atom is -0.462 e. The van der Waals surface area contributed by atoms with Crippen molar-refractivity contribution in [3.63, 3.8) is 0 Å². The molecule has 0 saturated heterocycles. The van der Waals surface area contributed by atoms with Crippen molar-refractivity contribution in [3.05, 3.63) is 52.3 Å². The molecular formula is C21H26N2O3. The molecule has 0 spiro atoms. The molecule has 138 valence electrons. The maximum atomic E-state index is 13.2. The second kappa shape index (κ2) is 7.36. The fourth-order valence-corrected chi connectivity index (χ4v) is 3.82. The summed E-state index contributed by atoms with van der Waals surface area (Å²) in [5, 5.41) is 0. The molecule has 3 rings (SSSR count). The number of aromatic amines is 1. The van der Waals surface area contributed by atoms with Gasteiger partial charge in [-0.05, 0) is 57.7 Å². The Morgan fingerprint density at radius 1 is 1.27 bits per heavy atom. The van der Waals surface area contributed by atoms with E-state index in [1.807, 2.05) is 19.1 Å². The number of hydrogen-bond donors (Lipinski definition) is 1. The molecule has 1 unspecified atom stereocenters. The summed E-state index contributed by atoms with van der Waals surface area (Å²) in [5.41, 5.74) is 4.73. The highest BCUT2D eigenvalue weighted by atomic mass is 16.5. The van der Waals surface area contributed by atoms with Crippen LogP contribution in [0, 0.1) is 13.8 Å². The molecule has 26 heavy (non-hydrogen) atoms. The molecule has 0 fully saturated rings. The number of hydrogen-bond acceptors (Lipinski definition) is 4. The summed E-state index contributed by atoms with van der Waals surface area (Å²) in [7, 11) is 0. The Bertz CT molecular complexity index is 838. The molecule has 0 saturated carbocycles. The number of esters is 1. The van der Waals surface area contributed by atoms with E-state index in [0.717, 1.165) is 25.1 Å². The molecule has 0 amide bonds. The summed E-state index contributed by atoms with van der Waals surface area (Å²) in [6.07, 6.45) is 2.08. The standard InChI is InChI=1S/C21H26N2O3/c1-5-26-21(25)18-13(2)19(22-14(18)3)20(24)15(4)23-12-8-10-16-9-6-7-11-17(16)23/h6-7,9,11,15,22H,5,8,10,12H2,1-4H3. The number of ether oxygens (including phenoxy) is 1. The summed E-state index contributed by atoms with van der Waals surface area (Å²) in [6, 6.07) is 7.95. The minimum atomic E-state index is -0.381. The first-order chi connectivity index (χ1) is 12.5. The lowest BCUT2D eigenvalue weighted by Crippen LogP contribution is -2.42. The zero-order chi connectivity index (χ0) is 18.8. The van der Waals surface area contributed by atoms with Crippen LogP contribution in [0.25, 0.3) is 0 Å². The molecule has 1 aromatic heterocycles. The highest BCUT2D eigenvalue weighted by Gasteiger charge is 2.30. The van der Waals surface area contributed by atoms with Gasteiger partial charge in [-0.3, -0.25) is 4.79 Å². The lowest BCUT2D eigenvalue weighted by atomic mass is 9.97. The van der Waals surface area contributed by atoms with Crippen molar-refractivity contribution in [2.45, 2.75) is 46.6 Å². The Balaban J connectivity index is 1.91. The van der Waals surface area contributed by atoms with E-state index in [1.165, 1.54) is 5.56 Å². The van der Waals surface area contributed by atoms with Crippen LogP contribution in [0.4, 0.5) is 5.69 Å². The number of carbonyl (C=O) groups excluding carboxylic acids is 2. The lowest BCUT2D eigenvalue weighted by molar-refractivity contribution is 0.0525. The molecule has 1 aliphatic rings. The molecule has 1 atom stereocenters. The van der Waals surface area contributed by atoms with Crippen molar-refractivity contribution in [1.82, 2.24) is 4.98 Å². The monoisotopic (exact) mass is 354 g/mol. The summed E-state index contributed by atoms with van der Waals surface area (Å²) in [6.45, 7) is 8.48. The largest absolute Gasteiger partial charge is 0.462 e. The van der Waals surface area contributed by atoms with Crippen LogP contribution in [0.1, 0.15) is 57.9 Å². The number of para-hydroxylation sites is 1. The minimum absolute atomic E-state index is 0.00199. The van der Waals surface area contributed by atoms with Gasteiger partial charge in [0.05, 0.1) is 23.9 Å². The van der Waals surface area contributed by atoms with Crippen LogP contribution in [-0.4, -0.2) is 35.9 Å². The van der Waals surface area contributed by atoms with Crippen LogP contribution in [0.3, 0.4) is 0 Å². The second-order valence-corrected chi connectivity index (χ2v) is 6.81. The fourth-order valence-electron chi connectivity index (χ4n) is 3.82. The Morgan fingerprint density at radius 3 is 2.73 bits per heavy atom. The number of benzene rings is 1. The van der Waals surface area contributed by atoms with Crippen LogP contribution >= 0.6 is 0 Å². The number of fused-ring (bicyclic) bond motifs is 1. The molecule has 5 nitrogen and oxygen atoms in total. The number of carbonyl (C=O) groups is 2. The van der Waals surface area contributed by atoms with Crippen molar-refractivity contribution in [2.24, 2.45) is 0 Å². The van der Waals surface area contributed by atoms with Crippen LogP contribution in [0.2, 0.25) is 0 Å². The second-order valence-electron chi connectivity index (χ2n) is 6.81. The predicted octanol–water partition coefficient (Wildman–Crippen LogP) is 3.83. The zero-order valence-electron chi connectivity index (χ0n) is 15.9. The smallest absolute Gasteiger partial charge is 0.340 e. The van der Waals surface area contributed by atoms with E-state index in [0.29, 0.717) is 29.1 Å². The van der Waals surface area contributed by atoms with Crippen molar-refractivity contribution >= 4 is 17.4 Å². The van der Waals surface area contributed by atoms with Gasteiger partial charge in [-0.2, -0.15) is 0 Å². The average Bonchev–Trinajstić information content (AvgIpc) is 2.94. The quantitative estimate of drug-likeness (QED) is 0.655. The summed E-state index contributed by atoms with van der Waals surface area (Å²) in [4.78, 5) is 30.7. The van der Waals surface area contributed by atoms with Crippen LogP contribution < -0.4 is 4.90 Å². The normalized spacial score (nSPS) is 14.7. The summed E-state index contributed by atoms with van der Waals surface area (Å²) >= 11 is 0. The van der Waals surface area contributed by atoms with Crippen LogP contribution in [0.15, 0.2) is 24.3 Å². The predicted molar refractivity (Wildman–Crippen MR) is 102 cm³/mol. The molecule has 0 radical (unpaired) electrons. The SMILES string of the molecule is CCOC(=O)c1c(C)[nH]c(C(=O)C(C)N2CCCc3ccccc32)c1C. The first-order valence-corrected chi connectivity index (χ1v) is 9.20. The van der Waals surface area contributed by atoms with Gasteiger partial charge in [0, 0.05) is 17.9 Å². The number of ketones is 1. The number of H-pyrrole nitrogens is 1. The van der Waals surface area contributed by atoms with E-state index < -0.39 is 0 Å². The summed E-state index contributed by atoms with van der Waals surface area (Å²) in [5.74, 6) is -0.383. The molecule has 2 aromatic rings. The van der Waals surface area contributed by atoms with E-state index in [9.17, 15) is 9.59 Å². The topological polar surface area (TPSA) is 62.4 Å². The average molecular weight is 354 g/mol. The zero-order valence-corrected chi connectivity index (χ0v) is 15.9.